The van der Waals surface area contributed by atoms with Gasteiger partial charge >= 0.3 is 0 Å². The summed E-state index contributed by atoms with van der Waals surface area (Å²) in [5, 5.41) is 3.08. The number of hydrogen-bond acceptors (Lipinski definition) is 3. The molecule has 0 spiro atoms. The molecule has 2 rings (SSSR count). The second-order valence-corrected chi connectivity index (χ2v) is 5.06. The number of nitrogens with zero attached hydrogens (tertiary/aromatic N) is 2. The van der Waals surface area contributed by atoms with Gasteiger partial charge in [0.25, 0.3) is 0 Å². The van der Waals surface area contributed by atoms with Gasteiger partial charge in [-0.1, -0.05) is 15.9 Å². The van der Waals surface area contributed by atoms with Crippen molar-refractivity contribution in [1.29, 1.82) is 0 Å². The minimum absolute atomic E-state index is 1.02. The van der Waals surface area contributed by atoms with Crippen LogP contribution in [0.4, 0.5) is 10.8 Å². The zero-order chi connectivity index (χ0) is 10.8. The largest absolute Gasteiger partial charge is 0.321 e. The molecule has 4 heteroatoms. The summed E-state index contributed by atoms with van der Waals surface area (Å²) in [5.41, 5.74) is 2.21. The maximum Gasteiger partial charge on any atom is 0.189 e. The van der Waals surface area contributed by atoms with Gasteiger partial charge in [-0.15, -0.1) is 11.3 Å². The standard InChI is InChI=1S/C11H11BrN2S/c1-8-7-15-11(13-8)14(2)10-5-3-9(12)4-6-10/h3-7H,1-2H3. The lowest BCUT2D eigenvalue weighted by Gasteiger charge is -2.15. The molecule has 78 valence electrons. The van der Waals surface area contributed by atoms with Crippen LogP contribution < -0.4 is 4.90 Å². The number of thiazole rings is 1. The minimum Gasteiger partial charge on any atom is -0.321 e. The first-order valence-electron chi connectivity index (χ1n) is 4.58. The molecule has 0 radical (unpaired) electrons. The minimum atomic E-state index is 1.02. The predicted molar refractivity (Wildman–Crippen MR) is 69.1 cm³/mol. The molecule has 0 atom stereocenters. The summed E-state index contributed by atoms with van der Waals surface area (Å²) in [6.07, 6.45) is 0. The van der Waals surface area contributed by atoms with Crippen LogP contribution in [-0.4, -0.2) is 12.0 Å². The molecule has 1 aromatic heterocycles. The van der Waals surface area contributed by atoms with Crippen molar-refractivity contribution in [2.45, 2.75) is 6.92 Å². The highest BCUT2D eigenvalue weighted by Gasteiger charge is 2.06. The molecule has 0 aliphatic heterocycles. The summed E-state index contributed by atoms with van der Waals surface area (Å²) in [7, 11) is 2.03. The fourth-order valence-electron chi connectivity index (χ4n) is 1.27. The van der Waals surface area contributed by atoms with E-state index in [1.807, 2.05) is 26.1 Å². The molecule has 0 N–H and O–H groups in total. The van der Waals surface area contributed by atoms with Crippen molar-refractivity contribution in [2.75, 3.05) is 11.9 Å². The smallest absolute Gasteiger partial charge is 0.189 e. The Labute approximate surface area is 102 Å². The van der Waals surface area contributed by atoms with Crippen LogP contribution in [0.2, 0.25) is 0 Å². The second-order valence-electron chi connectivity index (χ2n) is 3.31. The molecular weight excluding hydrogens is 272 g/mol. The van der Waals surface area contributed by atoms with Gasteiger partial charge in [-0.25, -0.2) is 4.98 Å². The van der Waals surface area contributed by atoms with Crippen LogP contribution in [0, 0.1) is 6.92 Å². The van der Waals surface area contributed by atoms with Crippen LogP contribution in [0.25, 0.3) is 0 Å². The summed E-state index contributed by atoms with van der Waals surface area (Å²) in [6, 6.07) is 8.21. The predicted octanol–water partition coefficient (Wildman–Crippen LogP) is 3.98. The monoisotopic (exact) mass is 282 g/mol. The molecule has 0 bridgehead atoms. The van der Waals surface area contributed by atoms with Gasteiger partial charge in [0.15, 0.2) is 5.13 Å². The lowest BCUT2D eigenvalue weighted by atomic mass is 10.3. The first-order chi connectivity index (χ1) is 7.16. The zero-order valence-corrected chi connectivity index (χ0v) is 11.0. The summed E-state index contributed by atoms with van der Waals surface area (Å²) in [6.45, 7) is 2.01. The summed E-state index contributed by atoms with van der Waals surface area (Å²) in [5.74, 6) is 0. The van der Waals surface area contributed by atoms with E-state index in [2.05, 4.69) is 43.3 Å². The maximum atomic E-state index is 4.44. The Morgan fingerprint density at radius 2 is 1.93 bits per heavy atom. The van der Waals surface area contributed by atoms with Crippen molar-refractivity contribution >= 4 is 38.1 Å². The molecule has 1 heterocycles. The van der Waals surface area contributed by atoms with E-state index in [1.165, 1.54) is 0 Å². The van der Waals surface area contributed by atoms with Gasteiger partial charge in [0.05, 0.1) is 5.69 Å². The van der Waals surface area contributed by atoms with Gasteiger partial charge in [0.1, 0.15) is 0 Å². The fourth-order valence-corrected chi connectivity index (χ4v) is 2.32. The maximum absolute atomic E-state index is 4.44. The number of benzene rings is 1. The fraction of sp³-hybridized carbons (Fsp3) is 0.182. The van der Waals surface area contributed by atoms with Gasteiger partial charge < -0.3 is 4.90 Å². The van der Waals surface area contributed by atoms with E-state index in [9.17, 15) is 0 Å². The molecule has 0 fully saturated rings. The van der Waals surface area contributed by atoms with E-state index in [0.717, 1.165) is 21.0 Å². The topological polar surface area (TPSA) is 16.1 Å². The molecule has 1 aromatic carbocycles. The van der Waals surface area contributed by atoms with Crippen molar-refractivity contribution in [3.05, 3.63) is 39.8 Å². The molecule has 0 amide bonds. The molecule has 2 aromatic rings. The Hall–Kier alpha value is -0.870. The Kier molecular flexibility index (Phi) is 3.07. The summed E-state index contributed by atoms with van der Waals surface area (Å²) in [4.78, 5) is 6.53. The van der Waals surface area contributed by atoms with E-state index in [0.29, 0.717) is 0 Å². The summed E-state index contributed by atoms with van der Waals surface area (Å²) < 4.78 is 1.09. The molecule has 2 nitrogen and oxygen atoms in total. The number of aromatic nitrogens is 1. The van der Waals surface area contributed by atoms with Crippen molar-refractivity contribution in [3.63, 3.8) is 0 Å². The average molecular weight is 283 g/mol. The molecule has 0 aliphatic rings. The van der Waals surface area contributed by atoms with Gasteiger partial charge in [-0.2, -0.15) is 0 Å². The van der Waals surface area contributed by atoms with E-state index in [-0.39, 0.29) is 0 Å². The Bertz CT molecular complexity index is 450. The van der Waals surface area contributed by atoms with E-state index in [1.54, 1.807) is 11.3 Å². The van der Waals surface area contributed by atoms with Crippen molar-refractivity contribution in [1.82, 2.24) is 4.98 Å². The average Bonchev–Trinajstić information content (AvgIpc) is 2.65. The Morgan fingerprint density at radius 3 is 2.47 bits per heavy atom. The van der Waals surface area contributed by atoms with Crippen LogP contribution in [-0.2, 0) is 0 Å². The highest BCUT2D eigenvalue weighted by atomic mass is 79.9. The van der Waals surface area contributed by atoms with E-state index in [4.69, 9.17) is 0 Å². The highest BCUT2D eigenvalue weighted by molar-refractivity contribution is 9.10. The Morgan fingerprint density at radius 1 is 1.27 bits per heavy atom. The molecule has 0 unspecified atom stereocenters. The molecule has 0 saturated carbocycles. The number of aryl methyl sites for hydroxylation is 1. The third-order valence-electron chi connectivity index (χ3n) is 2.11. The quantitative estimate of drug-likeness (QED) is 0.828. The van der Waals surface area contributed by atoms with Crippen LogP contribution in [0.15, 0.2) is 34.1 Å². The first-order valence-corrected chi connectivity index (χ1v) is 6.25. The van der Waals surface area contributed by atoms with Crippen molar-refractivity contribution < 1.29 is 0 Å². The van der Waals surface area contributed by atoms with Crippen molar-refractivity contribution in [2.24, 2.45) is 0 Å². The summed E-state index contributed by atoms with van der Waals surface area (Å²) >= 11 is 5.08. The number of halogens is 1. The van der Waals surface area contributed by atoms with Gasteiger partial charge in [-0.3, -0.25) is 0 Å². The van der Waals surface area contributed by atoms with Crippen LogP contribution in [0.5, 0.6) is 0 Å². The molecular formula is C11H11BrN2S. The van der Waals surface area contributed by atoms with Gasteiger partial charge in [0, 0.05) is 22.6 Å². The molecule has 0 saturated heterocycles. The first kappa shape index (κ1) is 10.6. The number of rotatable bonds is 2. The van der Waals surface area contributed by atoms with Crippen molar-refractivity contribution in [3.8, 4) is 0 Å². The molecule has 15 heavy (non-hydrogen) atoms. The Balaban J connectivity index is 2.28. The van der Waals surface area contributed by atoms with Crippen LogP contribution in [0.3, 0.4) is 0 Å². The normalized spacial score (nSPS) is 10.3. The second kappa shape index (κ2) is 4.33. The lowest BCUT2D eigenvalue weighted by molar-refractivity contribution is 1.14. The third-order valence-corrected chi connectivity index (χ3v) is 3.67. The van der Waals surface area contributed by atoms with E-state index < -0.39 is 0 Å². The zero-order valence-electron chi connectivity index (χ0n) is 8.57. The molecule has 0 aliphatic carbocycles. The van der Waals surface area contributed by atoms with E-state index >= 15 is 0 Å². The highest BCUT2D eigenvalue weighted by Crippen LogP contribution is 2.27. The van der Waals surface area contributed by atoms with Gasteiger partial charge in [0.2, 0.25) is 0 Å². The third kappa shape index (κ3) is 2.38. The lowest BCUT2D eigenvalue weighted by Crippen LogP contribution is -2.08. The van der Waals surface area contributed by atoms with Crippen LogP contribution in [0.1, 0.15) is 5.69 Å². The number of anilines is 2. The number of hydrogen-bond donors (Lipinski definition) is 0. The van der Waals surface area contributed by atoms with Gasteiger partial charge in [-0.05, 0) is 31.2 Å². The van der Waals surface area contributed by atoms with Crippen LogP contribution >= 0.6 is 27.3 Å². The SMILES string of the molecule is Cc1csc(N(C)c2ccc(Br)cc2)n1.